The van der Waals surface area contributed by atoms with E-state index in [4.69, 9.17) is 9.26 Å². The summed E-state index contributed by atoms with van der Waals surface area (Å²) in [6.07, 6.45) is 3.27. The average Bonchev–Trinajstić information content (AvgIpc) is 3.33. The van der Waals surface area contributed by atoms with E-state index in [1.807, 2.05) is 19.1 Å². The number of rotatable bonds is 10. The van der Waals surface area contributed by atoms with Gasteiger partial charge in [0.1, 0.15) is 22.9 Å². The van der Waals surface area contributed by atoms with Crippen LogP contribution < -0.4 is 19.7 Å². The Morgan fingerprint density at radius 3 is 2.40 bits per heavy atom. The van der Waals surface area contributed by atoms with Crippen LogP contribution in [0.5, 0.6) is 11.6 Å². The van der Waals surface area contributed by atoms with E-state index in [9.17, 15) is 17.9 Å². The molecule has 1 aliphatic heterocycles. The molecule has 1 aliphatic rings. The topological polar surface area (TPSA) is 136 Å². The summed E-state index contributed by atoms with van der Waals surface area (Å²) in [5.41, 5.74) is 3.64. The Labute approximate surface area is 251 Å². The number of aryl methyl sites for hydroxylation is 2. The second kappa shape index (κ2) is 13.9. The first-order valence-corrected chi connectivity index (χ1v) is 14.9. The van der Waals surface area contributed by atoms with Gasteiger partial charge in [0.15, 0.2) is 5.76 Å². The van der Waals surface area contributed by atoms with Crippen molar-refractivity contribution in [2.75, 3.05) is 23.3 Å². The van der Waals surface area contributed by atoms with Gasteiger partial charge in [0.25, 0.3) is 0 Å². The van der Waals surface area contributed by atoms with Crippen molar-refractivity contribution in [3.05, 3.63) is 95.3 Å². The Hall–Kier alpha value is -4.17. The number of piperidine rings is 1. The SMILES string of the molecule is Cc1noc(C)c1N(C(=O)Nc1ccc(F)cc1)C1CCN(Cc2ccc(Oc3ccc(CNS(=O)[O-])cc3)nc2)CC1. The summed E-state index contributed by atoms with van der Waals surface area (Å²) in [4.78, 5) is 22.0. The number of ether oxygens (including phenoxy) is 1. The largest absolute Gasteiger partial charge is 0.760 e. The highest BCUT2D eigenvalue weighted by Crippen LogP contribution is 2.31. The summed E-state index contributed by atoms with van der Waals surface area (Å²) in [5.74, 6) is 1.24. The Balaban J connectivity index is 1.17. The van der Waals surface area contributed by atoms with Crippen molar-refractivity contribution in [3.63, 3.8) is 0 Å². The van der Waals surface area contributed by atoms with Gasteiger partial charge < -0.3 is 19.1 Å². The number of carbonyl (C=O) groups excluding carboxylic acids is 1. The molecule has 226 valence electrons. The average molecular weight is 608 g/mol. The minimum atomic E-state index is -2.31. The predicted octanol–water partition coefficient (Wildman–Crippen LogP) is 5.20. The molecule has 0 saturated carbocycles. The van der Waals surface area contributed by atoms with Crippen molar-refractivity contribution >= 4 is 28.7 Å². The van der Waals surface area contributed by atoms with Gasteiger partial charge in [0.2, 0.25) is 5.88 Å². The molecule has 1 unspecified atom stereocenters. The molecule has 1 saturated heterocycles. The molecule has 0 radical (unpaired) electrons. The molecule has 0 bridgehead atoms. The quantitative estimate of drug-likeness (QED) is 0.235. The minimum absolute atomic E-state index is 0.0768. The summed E-state index contributed by atoms with van der Waals surface area (Å²) in [7, 11) is 0. The third-order valence-corrected chi connectivity index (χ3v) is 7.60. The molecule has 43 heavy (non-hydrogen) atoms. The van der Waals surface area contributed by atoms with Gasteiger partial charge in [0, 0.05) is 61.4 Å². The summed E-state index contributed by atoms with van der Waals surface area (Å²) in [5, 5.41) is 6.94. The molecule has 1 atom stereocenters. The number of hydrogen-bond acceptors (Lipinski definition) is 8. The zero-order valence-electron chi connectivity index (χ0n) is 23.8. The number of likely N-dealkylation sites (tertiary alicyclic amines) is 1. The second-order valence-electron chi connectivity index (χ2n) is 10.3. The lowest BCUT2D eigenvalue weighted by molar-refractivity contribution is 0.199. The highest BCUT2D eigenvalue weighted by Gasteiger charge is 2.33. The monoisotopic (exact) mass is 607 g/mol. The van der Waals surface area contributed by atoms with Gasteiger partial charge in [-0.25, -0.2) is 18.9 Å². The van der Waals surface area contributed by atoms with Crippen LogP contribution in [-0.4, -0.2) is 49.0 Å². The zero-order valence-corrected chi connectivity index (χ0v) is 24.6. The van der Waals surface area contributed by atoms with Gasteiger partial charge >= 0.3 is 6.03 Å². The van der Waals surface area contributed by atoms with Gasteiger partial charge in [-0.05, 0) is 74.2 Å². The van der Waals surface area contributed by atoms with Gasteiger partial charge in [0.05, 0.1) is 0 Å². The molecular formula is C30H32FN6O5S-. The van der Waals surface area contributed by atoms with Crippen molar-refractivity contribution < 1.29 is 27.2 Å². The zero-order chi connectivity index (χ0) is 30.3. The third kappa shape index (κ3) is 8.02. The number of anilines is 2. The maximum absolute atomic E-state index is 13.5. The van der Waals surface area contributed by atoms with Crippen molar-refractivity contribution in [2.45, 2.75) is 45.8 Å². The molecule has 5 rings (SSSR count). The van der Waals surface area contributed by atoms with Crippen LogP contribution in [0.2, 0.25) is 0 Å². The molecule has 2 amide bonds. The number of pyridine rings is 1. The highest BCUT2D eigenvalue weighted by molar-refractivity contribution is 7.77. The first-order chi connectivity index (χ1) is 20.7. The third-order valence-electron chi connectivity index (χ3n) is 7.22. The number of nitrogens with zero attached hydrogens (tertiary/aromatic N) is 4. The van der Waals surface area contributed by atoms with Crippen LogP contribution in [-0.2, 0) is 24.4 Å². The van der Waals surface area contributed by atoms with Crippen LogP contribution in [0.3, 0.4) is 0 Å². The fourth-order valence-corrected chi connectivity index (χ4v) is 5.37. The highest BCUT2D eigenvalue weighted by atomic mass is 32.2. The molecule has 0 spiro atoms. The lowest BCUT2D eigenvalue weighted by atomic mass is 10.0. The van der Waals surface area contributed by atoms with E-state index < -0.39 is 11.3 Å². The predicted molar refractivity (Wildman–Crippen MR) is 159 cm³/mol. The molecule has 1 fully saturated rings. The Morgan fingerprint density at radius 2 is 1.79 bits per heavy atom. The van der Waals surface area contributed by atoms with E-state index >= 15 is 0 Å². The van der Waals surface area contributed by atoms with E-state index in [2.05, 4.69) is 25.1 Å². The van der Waals surface area contributed by atoms with Crippen molar-refractivity contribution in [2.24, 2.45) is 0 Å². The number of amides is 2. The fourth-order valence-electron chi connectivity index (χ4n) is 5.09. The Bertz CT molecular complexity index is 1520. The van der Waals surface area contributed by atoms with Crippen molar-refractivity contribution in [1.82, 2.24) is 19.8 Å². The minimum Gasteiger partial charge on any atom is -0.760 e. The number of carbonyl (C=O) groups is 1. The number of benzene rings is 2. The lowest BCUT2D eigenvalue weighted by Gasteiger charge is -2.38. The van der Waals surface area contributed by atoms with E-state index in [0.29, 0.717) is 41.0 Å². The number of halogens is 1. The lowest BCUT2D eigenvalue weighted by Crippen LogP contribution is -2.49. The van der Waals surface area contributed by atoms with Crippen molar-refractivity contribution in [3.8, 4) is 11.6 Å². The smallest absolute Gasteiger partial charge is 0.326 e. The second-order valence-corrected chi connectivity index (χ2v) is 11.1. The van der Waals surface area contributed by atoms with Gasteiger partial charge in [-0.2, -0.15) is 0 Å². The molecule has 0 aliphatic carbocycles. The molecule has 2 N–H and O–H groups in total. The van der Waals surface area contributed by atoms with Gasteiger partial charge in [-0.3, -0.25) is 14.0 Å². The van der Waals surface area contributed by atoms with Gasteiger partial charge in [-0.15, -0.1) is 0 Å². The fraction of sp³-hybridized carbons (Fsp3) is 0.300. The van der Waals surface area contributed by atoms with E-state index in [1.165, 1.54) is 24.3 Å². The maximum atomic E-state index is 13.5. The normalized spacial score (nSPS) is 14.8. The molecular weight excluding hydrogens is 575 g/mol. The molecule has 3 heterocycles. The van der Waals surface area contributed by atoms with E-state index in [0.717, 1.165) is 37.1 Å². The number of nitrogens with one attached hydrogen (secondary N) is 2. The first kappa shape index (κ1) is 30.3. The molecule has 11 nitrogen and oxygen atoms in total. The van der Waals surface area contributed by atoms with Crippen LogP contribution in [0.4, 0.5) is 20.6 Å². The van der Waals surface area contributed by atoms with Crippen LogP contribution in [0.1, 0.15) is 35.4 Å². The molecule has 13 heteroatoms. The molecule has 2 aromatic carbocycles. The summed E-state index contributed by atoms with van der Waals surface area (Å²) >= 11 is -2.31. The van der Waals surface area contributed by atoms with E-state index in [1.54, 1.807) is 42.3 Å². The number of urea groups is 1. The van der Waals surface area contributed by atoms with Crippen LogP contribution in [0, 0.1) is 19.7 Å². The standard InChI is InChI=1S/C30H33FN6O5S/c1-20-29(21(2)42-35-20)37(30(38)34-25-8-6-24(31)7-9-25)26-13-15-36(16-14-26)19-23-5-12-28(32-17-23)41-27-10-3-22(4-11-27)18-33-43(39)40/h3-12,17,26,33H,13-16,18-19H2,1-2H3,(H,34,38)(H,39,40)/p-1. The number of aromatic nitrogens is 2. The van der Waals surface area contributed by atoms with Crippen LogP contribution in [0.15, 0.2) is 71.4 Å². The van der Waals surface area contributed by atoms with Gasteiger partial charge in [-0.1, -0.05) is 23.4 Å². The Kier molecular flexibility index (Phi) is 9.77. The molecule has 4 aromatic rings. The molecule has 2 aromatic heterocycles. The maximum Gasteiger partial charge on any atom is 0.326 e. The number of hydrogen-bond donors (Lipinski definition) is 2. The summed E-state index contributed by atoms with van der Waals surface area (Å²) in [6.45, 7) is 6.06. The summed E-state index contributed by atoms with van der Waals surface area (Å²) < 4.78 is 48.2. The van der Waals surface area contributed by atoms with E-state index in [-0.39, 0.29) is 24.4 Å². The summed E-state index contributed by atoms with van der Waals surface area (Å²) in [6, 6.07) is 16.2. The van der Waals surface area contributed by atoms with Crippen LogP contribution in [0.25, 0.3) is 0 Å². The van der Waals surface area contributed by atoms with Crippen molar-refractivity contribution in [1.29, 1.82) is 0 Å². The van der Waals surface area contributed by atoms with Crippen LogP contribution >= 0.6 is 0 Å². The first-order valence-electron chi connectivity index (χ1n) is 13.8. The Morgan fingerprint density at radius 1 is 1.09 bits per heavy atom.